The van der Waals surface area contributed by atoms with E-state index in [9.17, 15) is 9.59 Å². The van der Waals surface area contributed by atoms with E-state index in [1.807, 2.05) is 0 Å². The molecule has 0 aromatic heterocycles. The molecule has 0 aliphatic heterocycles. The lowest BCUT2D eigenvalue weighted by Crippen LogP contribution is -2.48. The summed E-state index contributed by atoms with van der Waals surface area (Å²) >= 11 is 0. The minimum Gasteiger partial charge on any atom is -0.467 e. The number of esters is 1. The molecule has 0 bridgehead atoms. The Bertz CT molecular complexity index is 250. The van der Waals surface area contributed by atoms with Gasteiger partial charge in [0.1, 0.15) is 6.04 Å². The predicted molar refractivity (Wildman–Crippen MR) is 59.9 cm³/mol. The van der Waals surface area contributed by atoms with Crippen molar-refractivity contribution >= 4 is 11.9 Å². The molecule has 1 rings (SSSR count). The average molecular weight is 228 g/mol. The standard InChI is InChI=1S/C11H20N2O3/c1-8(14)13-10(11(15)16-2)7-12-9-5-3-4-6-9/h9-10,12H,3-7H2,1-2H3,(H,13,14). The molecule has 0 aromatic rings. The normalized spacial score (nSPS) is 18.1. The van der Waals surface area contributed by atoms with Crippen LogP contribution in [0, 0.1) is 0 Å². The zero-order valence-corrected chi connectivity index (χ0v) is 9.91. The summed E-state index contributed by atoms with van der Waals surface area (Å²) in [6, 6.07) is -0.107. The number of rotatable bonds is 5. The average Bonchev–Trinajstić information content (AvgIpc) is 2.75. The second kappa shape index (κ2) is 6.48. The van der Waals surface area contributed by atoms with Crippen LogP contribution in [-0.2, 0) is 14.3 Å². The number of methoxy groups -OCH3 is 1. The molecule has 0 radical (unpaired) electrons. The molecule has 16 heavy (non-hydrogen) atoms. The van der Waals surface area contributed by atoms with Crippen molar-refractivity contribution < 1.29 is 14.3 Å². The van der Waals surface area contributed by atoms with Gasteiger partial charge in [-0.3, -0.25) is 4.79 Å². The van der Waals surface area contributed by atoms with Gasteiger partial charge in [-0.05, 0) is 12.8 Å². The molecule has 1 fully saturated rings. The molecule has 2 N–H and O–H groups in total. The fourth-order valence-corrected chi connectivity index (χ4v) is 2.00. The van der Waals surface area contributed by atoms with E-state index in [1.165, 1.54) is 26.9 Å². The van der Waals surface area contributed by atoms with Crippen LogP contribution in [-0.4, -0.2) is 37.6 Å². The fourth-order valence-electron chi connectivity index (χ4n) is 2.00. The minimum atomic E-state index is -0.580. The van der Waals surface area contributed by atoms with Gasteiger partial charge in [0.2, 0.25) is 5.91 Å². The van der Waals surface area contributed by atoms with Crippen molar-refractivity contribution in [2.75, 3.05) is 13.7 Å². The molecule has 1 aliphatic rings. The first-order valence-corrected chi connectivity index (χ1v) is 5.71. The second-order valence-corrected chi connectivity index (χ2v) is 4.17. The number of nitrogens with one attached hydrogen (secondary N) is 2. The van der Waals surface area contributed by atoms with Crippen molar-refractivity contribution in [2.45, 2.75) is 44.7 Å². The van der Waals surface area contributed by atoms with Crippen LogP contribution in [0.1, 0.15) is 32.6 Å². The molecule has 1 amide bonds. The van der Waals surface area contributed by atoms with E-state index in [4.69, 9.17) is 0 Å². The molecule has 1 unspecified atom stereocenters. The van der Waals surface area contributed by atoms with E-state index < -0.39 is 12.0 Å². The van der Waals surface area contributed by atoms with E-state index in [-0.39, 0.29) is 5.91 Å². The smallest absolute Gasteiger partial charge is 0.329 e. The summed E-state index contributed by atoms with van der Waals surface area (Å²) in [7, 11) is 1.33. The quantitative estimate of drug-likeness (QED) is 0.659. The van der Waals surface area contributed by atoms with Crippen LogP contribution >= 0.6 is 0 Å². The number of hydrogen-bond acceptors (Lipinski definition) is 4. The highest BCUT2D eigenvalue weighted by atomic mass is 16.5. The summed E-state index contributed by atoms with van der Waals surface area (Å²) in [4.78, 5) is 22.3. The molecule has 5 nitrogen and oxygen atoms in total. The highest BCUT2D eigenvalue weighted by Crippen LogP contribution is 2.17. The maximum absolute atomic E-state index is 11.4. The van der Waals surface area contributed by atoms with Gasteiger partial charge in [-0.25, -0.2) is 4.79 Å². The SMILES string of the molecule is COC(=O)C(CNC1CCCC1)NC(C)=O. The van der Waals surface area contributed by atoms with Crippen LogP contribution < -0.4 is 10.6 Å². The molecule has 0 spiro atoms. The van der Waals surface area contributed by atoms with Gasteiger partial charge in [0, 0.05) is 19.5 Å². The third kappa shape index (κ3) is 4.18. The number of hydrogen-bond donors (Lipinski definition) is 2. The minimum absolute atomic E-state index is 0.219. The third-order valence-corrected chi connectivity index (χ3v) is 2.83. The van der Waals surface area contributed by atoms with E-state index in [2.05, 4.69) is 15.4 Å². The third-order valence-electron chi connectivity index (χ3n) is 2.83. The van der Waals surface area contributed by atoms with Crippen molar-refractivity contribution in [2.24, 2.45) is 0 Å². The number of carbonyl (C=O) groups excluding carboxylic acids is 2. The zero-order valence-electron chi connectivity index (χ0n) is 9.91. The van der Waals surface area contributed by atoms with Crippen molar-refractivity contribution in [1.82, 2.24) is 10.6 Å². The lowest BCUT2D eigenvalue weighted by Gasteiger charge is -2.19. The maximum Gasteiger partial charge on any atom is 0.329 e. The van der Waals surface area contributed by atoms with E-state index in [1.54, 1.807) is 0 Å². The first-order valence-electron chi connectivity index (χ1n) is 5.71. The Morgan fingerprint density at radius 2 is 2.00 bits per heavy atom. The second-order valence-electron chi connectivity index (χ2n) is 4.17. The molecule has 1 aliphatic carbocycles. The van der Waals surface area contributed by atoms with Crippen LogP contribution in [0.5, 0.6) is 0 Å². The highest BCUT2D eigenvalue weighted by Gasteiger charge is 2.22. The van der Waals surface area contributed by atoms with Crippen LogP contribution in [0.2, 0.25) is 0 Å². The van der Waals surface area contributed by atoms with Crippen molar-refractivity contribution in [3.8, 4) is 0 Å². The molecule has 1 atom stereocenters. The molecule has 1 saturated carbocycles. The van der Waals surface area contributed by atoms with Crippen LogP contribution in [0.4, 0.5) is 0 Å². The van der Waals surface area contributed by atoms with Gasteiger partial charge in [0.05, 0.1) is 7.11 Å². The van der Waals surface area contributed by atoms with Gasteiger partial charge in [-0.2, -0.15) is 0 Å². The zero-order chi connectivity index (χ0) is 12.0. The van der Waals surface area contributed by atoms with Crippen molar-refractivity contribution in [3.63, 3.8) is 0 Å². The van der Waals surface area contributed by atoms with Crippen molar-refractivity contribution in [1.29, 1.82) is 0 Å². The highest BCUT2D eigenvalue weighted by molar-refractivity contribution is 5.83. The lowest BCUT2D eigenvalue weighted by atomic mass is 10.2. The Kier molecular flexibility index (Phi) is 5.25. The molecular formula is C11H20N2O3. The van der Waals surface area contributed by atoms with Gasteiger partial charge in [-0.15, -0.1) is 0 Å². The summed E-state index contributed by atoms with van der Waals surface area (Å²) in [6.45, 7) is 1.84. The van der Waals surface area contributed by atoms with Crippen LogP contribution in [0.3, 0.4) is 0 Å². The topological polar surface area (TPSA) is 67.4 Å². The summed E-state index contributed by atoms with van der Waals surface area (Å²) in [5.41, 5.74) is 0. The monoisotopic (exact) mass is 228 g/mol. The van der Waals surface area contributed by atoms with E-state index in [0.717, 1.165) is 12.8 Å². The molecule has 5 heteroatoms. The molecular weight excluding hydrogens is 208 g/mol. The first kappa shape index (κ1) is 13.0. The predicted octanol–water partition coefficient (Wildman–Crippen LogP) is 0.196. The van der Waals surface area contributed by atoms with Crippen LogP contribution in [0.25, 0.3) is 0 Å². The Labute approximate surface area is 95.9 Å². The Morgan fingerprint density at radius 1 is 1.38 bits per heavy atom. The molecule has 0 aromatic carbocycles. The molecule has 0 heterocycles. The fraction of sp³-hybridized carbons (Fsp3) is 0.818. The van der Waals surface area contributed by atoms with Gasteiger partial charge in [-0.1, -0.05) is 12.8 Å². The number of amides is 1. The van der Waals surface area contributed by atoms with Gasteiger partial charge < -0.3 is 15.4 Å². The van der Waals surface area contributed by atoms with Gasteiger partial charge >= 0.3 is 5.97 Å². The van der Waals surface area contributed by atoms with Crippen molar-refractivity contribution in [3.05, 3.63) is 0 Å². The summed E-state index contributed by atoms with van der Waals surface area (Å²) in [5, 5.41) is 5.87. The Morgan fingerprint density at radius 3 is 2.50 bits per heavy atom. The summed E-state index contributed by atoms with van der Waals surface area (Å²) in [6.07, 6.45) is 4.77. The largest absolute Gasteiger partial charge is 0.467 e. The van der Waals surface area contributed by atoms with Gasteiger partial charge in [0.25, 0.3) is 0 Å². The first-order chi connectivity index (χ1) is 7.63. The van der Waals surface area contributed by atoms with Gasteiger partial charge in [0.15, 0.2) is 0 Å². The molecule has 0 saturated heterocycles. The Balaban J connectivity index is 2.36. The van der Waals surface area contributed by atoms with E-state index >= 15 is 0 Å². The Hall–Kier alpha value is -1.10. The number of carbonyl (C=O) groups is 2. The number of ether oxygens (including phenoxy) is 1. The lowest BCUT2D eigenvalue weighted by molar-refractivity contribution is -0.144. The summed E-state index contributed by atoms with van der Waals surface area (Å²) < 4.78 is 4.63. The van der Waals surface area contributed by atoms with Crippen LogP contribution in [0.15, 0.2) is 0 Å². The summed E-state index contributed by atoms with van der Waals surface area (Å²) in [5.74, 6) is -0.621. The van der Waals surface area contributed by atoms with E-state index in [0.29, 0.717) is 12.6 Å². The maximum atomic E-state index is 11.4. The molecule has 92 valence electrons.